The maximum atomic E-state index is 12.9. The first-order valence-electron chi connectivity index (χ1n) is 9.95. The summed E-state index contributed by atoms with van der Waals surface area (Å²) < 4.78 is 16.8. The van der Waals surface area contributed by atoms with E-state index in [-0.39, 0.29) is 19.2 Å². The Bertz CT molecular complexity index is 911. The maximum Gasteiger partial charge on any atom is 0.338 e. The average molecular weight is 410 g/mol. The van der Waals surface area contributed by atoms with Crippen LogP contribution in [0.1, 0.15) is 31.9 Å². The Balaban J connectivity index is 1.73. The zero-order chi connectivity index (χ0) is 21.3. The second-order valence-corrected chi connectivity index (χ2v) is 6.75. The number of para-hydroxylation sites is 2. The van der Waals surface area contributed by atoms with Crippen molar-refractivity contribution in [2.24, 2.45) is 0 Å². The Hall–Kier alpha value is -3.48. The number of carbonyl (C=O) groups is 2. The number of urea groups is 1. The van der Waals surface area contributed by atoms with Gasteiger partial charge in [-0.15, -0.1) is 0 Å². The minimum atomic E-state index is -0.672. The van der Waals surface area contributed by atoms with Gasteiger partial charge in [0.1, 0.15) is 24.7 Å². The van der Waals surface area contributed by atoms with Gasteiger partial charge in [-0.1, -0.05) is 43.3 Å². The van der Waals surface area contributed by atoms with Crippen molar-refractivity contribution in [1.82, 2.24) is 10.6 Å². The molecule has 2 aromatic carbocycles. The molecular weight excluding hydrogens is 384 g/mol. The van der Waals surface area contributed by atoms with Crippen LogP contribution >= 0.6 is 0 Å². The molecule has 0 fully saturated rings. The summed E-state index contributed by atoms with van der Waals surface area (Å²) in [7, 11) is 0. The van der Waals surface area contributed by atoms with Crippen molar-refractivity contribution in [3.05, 3.63) is 71.4 Å². The normalized spacial score (nSPS) is 15.8. The third-order valence-electron chi connectivity index (χ3n) is 4.51. The van der Waals surface area contributed by atoms with Crippen molar-refractivity contribution in [2.45, 2.75) is 26.3 Å². The smallest absolute Gasteiger partial charge is 0.338 e. The number of rotatable bonds is 9. The number of hydrogen-bond acceptors (Lipinski definition) is 5. The summed E-state index contributed by atoms with van der Waals surface area (Å²) in [4.78, 5) is 25.0. The van der Waals surface area contributed by atoms with Crippen LogP contribution < -0.4 is 20.1 Å². The number of benzene rings is 2. The van der Waals surface area contributed by atoms with E-state index in [0.29, 0.717) is 34.9 Å². The minimum absolute atomic E-state index is 0.0825. The summed E-state index contributed by atoms with van der Waals surface area (Å²) in [5.41, 5.74) is 1.48. The number of allylic oxidation sites excluding steroid dienone is 1. The van der Waals surface area contributed by atoms with Gasteiger partial charge in [0.2, 0.25) is 0 Å². The van der Waals surface area contributed by atoms with Crippen molar-refractivity contribution in [2.75, 3.05) is 19.8 Å². The lowest BCUT2D eigenvalue weighted by atomic mass is 9.95. The van der Waals surface area contributed by atoms with Crippen molar-refractivity contribution in [1.29, 1.82) is 0 Å². The van der Waals surface area contributed by atoms with E-state index in [4.69, 9.17) is 14.2 Å². The van der Waals surface area contributed by atoms with Gasteiger partial charge >= 0.3 is 12.0 Å². The molecule has 158 valence electrons. The van der Waals surface area contributed by atoms with E-state index in [0.717, 1.165) is 6.42 Å². The third kappa shape index (κ3) is 5.31. The summed E-state index contributed by atoms with van der Waals surface area (Å²) in [6.07, 6.45) is 0.845. The molecule has 30 heavy (non-hydrogen) atoms. The standard InChI is InChI=1S/C23H26N2O5/c1-3-13-29-19-12-8-7-11-18(19)21-20(16(2)24-23(27)25-21)22(26)30-15-14-28-17-9-5-4-6-10-17/h4-12,21H,3,13-15H2,1-2H3,(H2,24,25,27)/t21-/m1/s1. The van der Waals surface area contributed by atoms with Crippen LogP contribution in [0.2, 0.25) is 0 Å². The summed E-state index contributed by atoms with van der Waals surface area (Å²) in [6.45, 7) is 4.54. The molecule has 2 N–H and O–H groups in total. The molecule has 0 bridgehead atoms. The second kappa shape index (κ2) is 10.3. The van der Waals surface area contributed by atoms with E-state index in [1.807, 2.05) is 61.5 Å². The van der Waals surface area contributed by atoms with Crippen molar-refractivity contribution < 1.29 is 23.8 Å². The number of carbonyl (C=O) groups excluding carboxylic acids is 2. The molecule has 3 rings (SSSR count). The van der Waals surface area contributed by atoms with E-state index >= 15 is 0 Å². The van der Waals surface area contributed by atoms with Crippen molar-refractivity contribution >= 4 is 12.0 Å². The molecule has 0 aliphatic carbocycles. The van der Waals surface area contributed by atoms with Crippen LogP contribution in [-0.2, 0) is 9.53 Å². The van der Waals surface area contributed by atoms with E-state index in [9.17, 15) is 9.59 Å². The second-order valence-electron chi connectivity index (χ2n) is 6.75. The molecule has 0 saturated carbocycles. The van der Waals surface area contributed by atoms with Gasteiger partial charge in [0, 0.05) is 11.3 Å². The first-order chi connectivity index (χ1) is 14.6. The Labute approximate surface area is 176 Å². The van der Waals surface area contributed by atoms with Gasteiger partial charge in [-0.05, 0) is 31.5 Å². The molecule has 0 radical (unpaired) electrons. The molecule has 1 aliphatic rings. The topological polar surface area (TPSA) is 85.9 Å². The number of ether oxygens (including phenoxy) is 3. The summed E-state index contributed by atoms with van der Waals surface area (Å²) >= 11 is 0. The fourth-order valence-corrected chi connectivity index (χ4v) is 3.15. The van der Waals surface area contributed by atoms with Gasteiger partial charge in [0.25, 0.3) is 0 Å². The van der Waals surface area contributed by atoms with Crippen LogP contribution in [0.4, 0.5) is 4.79 Å². The first kappa shape index (κ1) is 21.2. The molecule has 2 amide bonds. The molecule has 1 aliphatic heterocycles. The molecule has 1 atom stereocenters. The quantitative estimate of drug-likeness (QED) is 0.486. The number of hydrogen-bond donors (Lipinski definition) is 2. The lowest BCUT2D eigenvalue weighted by Crippen LogP contribution is -2.45. The largest absolute Gasteiger partial charge is 0.493 e. The van der Waals surface area contributed by atoms with E-state index < -0.39 is 12.0 Å². The Kier molecular flexibility index (Phi) is 7.32. The lowest BCUT2D eigenvalue weighted by Gasteiger charge is -2.29. The van der Waals surface area contributed by atoms with E-state index in [1.165, 1.54) is 0 Å². The van der Waals surface area contributed by atoms with Crippen LogP contribution in [0, 0.1) is 0 Å². The van der Waals surface area contributed by atoms with Crippen LogP contribution in [0.25, 0.3) is 0 Å². The number of amides is 2. The van der Waals surface area contributed by atoms with Gasteiger partial charge in [0.15, 0.2) is 0 Å². The van der Waals surface area contributed by atoms with Crippen LogP contribution in [0.5, 0.6) is 11.5 Å². The number of esters is 1. The lowest BCUT2D eigenvalue weighted by molar-refractivity contribution is -0.140. The SMILES string of the molecule is CCCOc1ccccc1[C@H]1NC(=O)NC(C)=C1C(=O)OCCOc1ccccc1. The van der Waals surface area contributed by atoms with Gasteiger partial charge < -0.3 is 24.8 Å². The van der Waals surface area contributed by atoms with E-state index in [1.54, 1.807) is 6.92 Å². The molecule has 2 aromatic rings. The third-order valence-corrected chi connectivity index (χ3v) is 4.51. The highest BCUT2D eigenvalue weighted by Crippen LogP contribution is 2.33. The fourth-order valence-electron chi connectivity index (χ4n) is 3.15. The number of nitrogens with one attached hydrogen (secondary N) is 2. The molecular formula is C23H26N2O5. The van der Waals surface area contributed by atoms with E-state index in [2.05, 4.69) is 10.6 Å². The Morgan fingerprint density at radius 3 is 2.47 bits per heavy atom. The molecule has 0 spiro atoms. The van der Waals surface area contributed by atoms with Crippen molar-refractivity contribution in [3.8, 4) is 11.5 Å². The highest BCUT2D eigenvalue weighted by molar-refractivity contribution is 5.95. The summed E-state index contributed by atoms with van der Waals surface area (Å²) in [5, 5.41) is 5.45. The highest BCUT2D eigenvalue weighted by atomic mass is 16.6. The summed E-state index contributed by atoms with van der Waals surface area (Å²) in [6, 6.07) is 15.6. The fraction of sp³-hybridized carbons (Fsp3) is 0.304. The van der Waals surface area contributed by atoms with Crippen LogP contribution in [-0.4, -0.2) is 31.8 Å². The first-order valence-corrected chi connectivity index (χ1v) is 9.95. The monoisotopic (exact) mass is 410 g/mol. The van der Waals surface area contributed by atoms with Gasteiger partial charge in [-0.25, -0.2) is 9.59 Å². The predicted octanol–water partition coefficient (Wildman–Crippen LogP) is 3.73. The molecule has 7 heteroatoms. The van der Waals surface area contributed by atoms with Crippen LogP contribution in [0.3, 0.4) is 0 Å². The van der Waals surface area contributed by atoms with Gasteiger partial charge in [-0.2, -0.15) is 0 Å². The van der Waals surface area contributed by atoms with Gasteiger partial charge in [0.05, 0.1) is 18.2 Å². The minimum Gasteiger partial charge on any atom is -0.493 e. The molecule has 1 heterocycles. The zero-order valence-corrected chi connectivity index (χ0v) is 17.1. The van der Waals surface area contributed by atoms with Gasteiger partial charge in [-0.3, -0.25) is 0 Å². The Morgan fingerprint density at radius 2 is 1.70 bits per heavy atom. The summed E-state index contributed by atoms with van der Waals surface area (Å²) in [5.74, 6) is 0.805. The molecule has 0 saturated heterocycles. The maximum absolute atomic E-state index is 12.9. The molecule has 0 unspecified atom stereocenters. The highest BCUT2D eigenvalue weighted by Gasteiger charge is 2.33. The van der Waals surface area contributed by atoms with Crippen LogP contribution in [0.15, 0.2) is 65.9 Å². The predicted molar refractivity (Wildman–Crippen MR) is 112 cm³/mol. The van der Waals surface area contributed by atoms with Crippen molar-refractivity contribution in [3.63, 3.8) is 0 Å². The average Bonchev–Trinajstić information content (AvgIpc) is 2.75. The molecule has 0 aromatic heterocycles. The molecule has 7 nitrogen and oxygen atoms in total. The zero-order valence-electron chi connectivity index (χ0n) is 17.1. The Morgan fingerprint density at radius 1 is 0.967 bits per heavy atom.